The van der Waals surface area contributed by atoms with Crippen molar-refractivity contribution >= 4 is 17.2 Å². The average molecular weight is 502 g/mol. The lowest BCUT2D eigenvalue weighted by Gasteiger charge is -2.25. The molecule has 0 radical (unpaired) electrons. The number of aryl methyl sites for hydroxylation is 2. The predicted octanol–water partition coefficient (Wildman–Crippen LogP) is 5.46. The summed E-state index contributed by atoms with van der Waals surface area (Å²) in [5.74, 6) is 0.932. The average Bonchev–Trinajstić information content (AvgIpc) is 3.64. The molecule has 0 spiro atoms. The maximum absolute atomic E-state index is 13.6. The van der Waals surface area contributed by atoms with Gasteiger partial charge in [0.05, 0.1) is 11.6 Å². The smallest absolute Gasteiger partial charge is 0.254 e. The SMILES string of the molecule is CN[C@@](C)(Cc1ccccc1)c1nnc(-c2cc(C)cc(C(=O)N3CCC[C@@H]3c3nc(C)cs3)c2)o1. The highest BCUT2D eigenvalue weighted by Gasteiger charge is 2.34. The van der Waals surface area contributed by atoms with Crippen LogP contribution in [-0.2, 0) is 12.0 Å². The maximum Gasteiger partial charge on any atom is 0.254 e. The first-order valence-electron chi connectivity index (χ1n) is 12.3. The lowest BCUT2D eigenvalue weighted by Crippen LogP contribution is -2.39. The van der Waals surface area contributed by atoms with Crippen LogP contribution in [0.3, 0.4) is 0 Å². The lowest BCUT2D eigenvalue weighted by molar-refractivity contribution is 0.0735. The van der Waals surface area contributed by atoms with Crippen LogP contribution in [0.25, 0.3) is 11.5 Å². The molecule has 0 saturated carbocycles. The Bertz CT molecular complexity index is 1370. The fourth-order valence-corrected chi connectivity index (χ4v) is 5.77. The Kier molecular flexibility index (Phi) is 6.73. The van der Waals surface area contributed by atoms with Gasteiger partial charge in [0.25, 0.3) is 5.91 Å². The molecule has 1 fully saturated rings. The van der Waals surface area contributed by atoms with Gasteiger partial charge in [0.2, 0.25) is 11.8 Å². The van der Waals surface area contributed by atoms with E-state index in [1.165, 1.54) is 5.56 Å². The Labute approximate surface area is 215 Å². The van der Waals surface area contributed by atoms with Crippen molar-refractivity contribution in [1.82, 2.24) is 25.4 Å². The summed E-state index contributed by atoms with van der Waals surface area (Å²) in [4.78, 5) is 20.2. The molecule has 1 aliphatic rings. The Morgan fingerprint density at radius 2 is 2.00 bits per heavy atom. The molecule has 3 heterocycles. The normalized spacial score (nSPS) is 17.3. The van der Waals surface area contributed by atoms with Gasteiger partial charge in [0.15, 0.2) is 0 Å². The zero-order chi connectivity index (χ0) is 25.3. The van der Waals surface area contributed by atoms with Crippen LogP contribution in [0.2, 0.25) is 0 Å². The molecule has 8 heteroatoms. The van der Waals surface area contributed by atoms with Gasteiger partial charge in [-0.05, 0) is 76.4 Å². The summed E-state index contributed by atoms with van der Waals surface area (Å²) in [5, 5.41) is 15.1. The molecule has 7 nitrogen and oxygen atoms in total. The van der Waals surface area contributed by atoms with E-state index in [4.69, 9.17) is 4.42 Å². The summed E-state index contributed by atoms with van der Waals surface area (Å²) in [6.45, 7) is 6.76. The molecule has 186 valence electrons. The zero-order valence-corrected chi connectivity index (χ0v) is 21.9. The van der Waals surface area contributed by atoms with Crippen LogP contribution in [0.4, 0.5) is 0 Å². The summed E-state index contributed by atoms with van der Waals surface area (Å²) < 4.78 is 6.19. The quantitative estimate of drug-likeness (QED) is 0.362. The highest BCUT2D eigenvalue weighted by molar-refractivity contribution is 7.09. The van der Waals surface area contributed by atoms with E-state index in [1.54, 1.807) is 11.3 Å². The number of thiazole rings is 1. The second-order valence-corrected chi connectivity index (χ2v) is 10.6. The van der Waals surface area contributed by atoms with Gasteiger partial charge in [-0.25, -0.2) is 4.98 Å². The third kappa shape index (κ3) is 4.83. The topological polar surface area (TPSA) is 84.2 Å². The van der Waals surface area contributed by atoms with Crippen LogP contribution in [0.5, 0.6) is 0 Å². The molecule has 1 N–H and O–H groups in total. The molecule has 36 heavy (non-hydrogen) atoms. The minimum Gasteiger partial charge on any atom is -0.419 e. The van der Waals surface area contributed by atoms with Gasteiger partial charge in [-0.3, -0.25) is 4.79 Å². The van der Waals surface area contributed by atoms with Crippen molar-refractivity contribution in [3.8, 4) is 11.5 Å². The first-order chi connectivity index (χ1) is 17.4. The number of carbonyl (C=O) groups excluding carboxylic acids is 1. The van der Waals surface area contributed by atoms with Crippen LogP contribution < -0.4 is 5.32 Å². The van der Waals surface area contributed by atoms with E-state index in [-0.39, 0.29) is 11.9 Å². The van der Waals surface area contributed by atoms with Crippen LogP contribution >= 0.6 is 11.3 Å². The van der Waals surface area contributed by atoms with Crippen LogP contribution in [0, 0.1) is 13.8 Å². The second kappa shape index (κ2) is 9.95. The predicted molar refractivity (Wildman–Crippen MR) is 141 cm³/mol. The van der Waals surface area contributed by atoms with Crippen LogP contribution in [0.1, 0.15) is 63.9 Å². The summed E-state index contributed by atoms with van der Waals surface area (Å²) in [6, 6.07) is 16.0. The van der Waals surface area contributed by atoms with E-state index in [2.05, 4.69) is 39.6 Å². The van der Waals surface area contributed by atoms with Gasteiger partial charge in [-0.2, -0.15) is 0 Å². The van der Waals surface area contributed by atoms with Crippen molar-refractivity contribution < 1.29 is 9.21 Å². The largest absolute Gasteiger partial charge is 0.419 e. The lowest BCUT2D eigenvalue weighted by atomic mass is 9.93. The third-order valence-corrected chi connectivity index (χ3v) is 7.92. The molecule has 0 bridgehead atoms. The van der Waals surface area contributed by atoms with Crippen molar-refractivity contribution in [2.45, 2.75) is 51.6 Å². The molecule has 2 atom stereocenters. The summed E-state index contributed by atoms with van der Waals surface area (Å²) in [7, 11) is 1.90. The molecule has 0 aliphatic carbocycles. The molecule has 2 aromatic carbocycles. The van der Waals surface area contributed by atoms with E-state index < -0.39 is 5.54 Å². The maximum atomic E-state index is 13.6. The van der Waals surface area contributed by atoms with E-state index >= 15 is 0 Å². The number of rotatable bonds is 7. The molecule has 2 aromatic heterocycles. The highest BCUT2D eigenvalue weighted by atomic mass is 32.1. The highest BCUT2D eigenvalue weighted by Crippen LogP contribution is 2.35. The third-order valence-electron chi connectivity index (χ3n) is 6.86. The minimum absolute atomic E-state index is 0.0131. The molecule has 1 saturated heterocycles. The van der Waals surface area contributed by atoms with Gasteiger partial charge in [-0.15, -0.1) is 21.5 Å². The zero-order valence-electron chi connectivity index (χ0n) is 21.1. The summed E-state index contributed by atoms with van der Waals surface area (Å²) in [5.41, 5.74) is 4.00. The molecule has 1 aliphatic heterocycles. The first-order valence-corrected chi connectivity index (χ1v) is 13.2. The second-order valence-electron chi connectivity index (χ2n) is 9.73. The van der Waals surface area contributed by atoms with Crippen LogP contribution in [0.15, 0.2) is 58.3 Å². The number of hydrogen-bond acceptors (Lipinski definition) is 7. The fraction of sp³-hybridized carbons (Fsp3) is 0.357. The van der Waals surface area contributed by atoms with E-state index in [1.807, 2.05) is 67.6 Å². The van der Waals surface area contributed by atoms with E-state index in [0.717, 1.165) is 41.2 Å². The molecular weight excluding hydrogens is 470 g/mol. The molecule has 5 rings (SSSR count). The number of likely N-dealkylation sites (tertiary alicyclic amines) is 1. The number of likely N-dealkylation sites (N-methyl/N-ethyl adjacent to an activating group) is 1. The van der Waals surface area contributed by atoms with Crippen molar-refractivity contribution in [1.29, 1.82) is 0 Å². The number of hydrogen-bond donors (Lipinski definition) is 1. The van der Waals surface area contributed by atoms with Crippen molar-refractivity contribution in [3.05, 3.63) is 87.2 Å². The summed E-state index contributed by atoms with van der Waals surface area (Å²) in [6.07, 6.45) is 2.62. The number of nitrogens with one attached hydrogen (secondary N) is 1. The molecule has 4 aromatic rings. The first kappa shape index (κ1) is 24.3. The number of nitrogens with zero attached hydrogens (tertiary/aromatic N) is 4. The van der Waals surface area contributed by atoms with E-state index in [0.29, 0.717) is 23.8 Å². The van der Waals surface area contributed by atoms with Gasteiger partial charge < -0.3 is 14.6 Å². The van der Waals surface area contributed by atoms with Crippen LogP contribution in [-0.4, -0.2) is 39.6 Å². The van der Waals surface area contributed by atoms with Gasteiger partial charge in [0, 0.05) is 28.7 Å². The van der Waals surface area contributed by atoms with Gasteiger partial charge in [0.1, 0.15) is 5.01 Å². The molecule has 1 amide bonds. The number of carbonyl (C=O) groups is 1. The Morgan fingerprint density at radius 1 is 1.19 bits per heavy atom. The fourth-order valence-electron chi connectivity index (χ4n) is 4.83. The van der Waals surface area contributed by atoms with Crippen molar-refractivity contribution in [2.24, 2.45) is 0 Å². The van der Waals surface area contributed by atoms with Gasteiger partial charge >= 0.3 is 0 Å². The summed E-state index contributed by atoms with van der Waals surface area (Å²) >= 11 is 1.63. The Morgan fingerprint density at radius 3 is 2.72 bits per heavy atom. The Hall–Kier alpha value is -3.36. The number of benzene rings is 2. The van der Waals surface area contributed by atoms with E-state index in [9.17, 15) is 4.79 Å². The molecular formula is C28H31N5O2S. The Balaban J connectivity index is 1.42. The standard InChI is InChI=1S/C28H31N5O2S/c1-18-13-21(24-31-32-27(35-24)28(3,29-4)16-20-9-6-5-7-10-20)15-22(14-18)26(34)33-12-8-11-23(33)25-30-19(2)17-36-25/h5-7,9-10,13-15,17,23,29H,8,11-12,16H2,1-4H3/t23-,28+/m1/s1. The number of aromatic nitrogens is 3. The number of amides is 1. The van der Waals surface area contributed by atoms with Crippen molar-refractivity contribution in [2.75, 3.05) is 13.6 Å². The van der Waals surface area contributed by atoms with Gasteiger partial charge in [-0.1, -0.05) is 30.3 Å². The monoisotopic (exact) mass is 501 g/mol. The minimum atomic E-state index is -0.524. The van der Waals surface area contributed by atoms with Crippen molar-refractivity contribution in [3.63, 3.8) is 0 Å². The molecule has 0 unspecified atom stereocenters.